The summed E-state index contributed by atoms with van der Waals surface area (Å²) in [5, 5.41) is 3.09. The minimum atomic E-state index is 0.0641. The van der Waals surface area contributed by atoms with E-state index in [0.717, 1.165) is 35.5 Å². The standard InChI is InChI=1S/C16H23N3OS/c1-4-12(5-2)17-16(20)10-19-14-9-7-6-8-13(14)18-15(19)11-21-3/h6-9,12H,4-5,10-11H2,1-3H3,(H,17,20). The molecule has 0 saturated heterocycles. The number of nitrogens with one attached hydrogen (secondary N) is 1. The molecule has 21 heavy (non-hydrogen) atoms. The molecule has 1 aromatic carbocycles. The summed E-state index contributed by atoms with van der Waals surface area (Å²) < 4.78 is 2.03. The van der Waals surface area contributed by atoms with E-state index in [-0.39, 0.29) is 11.9 Å². The lowest BCUT2D eigenvalue weighted by molar-refractivity contribution is -0.122. The SMILES string of the molecule is CCC(CC)NC(=O)Cn1c(CSC)nc2ccccc21. The van der Waals surface area contributed by atoms with Crippen LogP contribution in [-0.2, 0) is 17.1 Å². The van der Waals surface area contributed by atoms with Gasteiger partial charge >= 0.3 is 0 Å². The van der Waals surface area contributed by atoms with Crippen LogP contribution in [0.3, 0.4) is 0 Å². The Kier molecular flexibility index (Phi) is 5.67. The maximum Gasteiger partial charge on any atom is 0.240 e. The number of para-hydroxylation sites is 2. The lowest BCUT2D eigenvalue weighted by atomic mass is 10.2. The summed E-state index contributed by atoms with van der Waals surface area (Å²) in [5.74, 6) is 1.84. The van der Waals surface area contributed by atoms with E-state index in [1.165, 1.54) is 0 Å². The second kappa shape index (κ2) is 7.50. The van der Waals surface area contributed by atoms with Gasteiger partial charge in [-0.15, -0.1) is 0 Å². The van der Waals surface area contributed by atoms with E-state index in [4.69, 9.17) is 0 Å². The molecule has 1 aromatic heterocycles. The Labute approximate surface area is 130 Å². The zero-order chi connectivity index (χ0) is 15.2. The van der Waals surface area contributed by atoms with Crippen molar-refractivity contribution in [3.05, 3.63) is 30.1 Å². The molecule has 1 N–H and O–H groups in total. The van der Waals surface area contributed by atoms with Gasteiger partial charge in [0.15, 0.2) is 0 Å². The largest absolute Gasteiger partial charge is 0.352 e. The highest BCUT2D eigenvalue weighted by Gasteiger charge is 2.14. The molecule has 1 amide bonds. The third-order valence-corrected chi connectivity index (χ3v) is 4.21. The fraction of sp³-hybridized carbons (Fsp3) is 0.500. The van der Waals surface area contributed by atoms with Crippen molar-refractivity contribution < 1.29 is 4.79 Å². The quantitative estimate of drug-likeness (QED) is 0.854. The van der Waals surface area contributed by atoms with Crippen molar-refractivity contribution >= 4 is 28.7 Å². The summed E-state index contributed by atoms with van der Waals surface area (Å²) in [5.41, 5.74) is 1.98. The minimum Gasteiger partial charge on any atom is -0.352 e. The number of imidazole rings is 1. The molecule has 0 aliphatic rings. The number of rotatable bonds is 7. The first-order valence-electron chi connectivity index (χ1n) is 7.42. The van der Waals surface area contributed by atoms with Crippen LogP contribution in [0.5, 0.6) is 0 Å². The van der Waals surface area contributed by atoms with Gasteiger partial charge in [-0.2, -0.15) is 11.8 Å². The molecule has 1 heterocycles. The first-order valence-corrected chi connectivity index (χ1v) is 8.81. The molecule has 0 aliphatic heterocycles. The number of aromatic nitrogens is 2. The highest BCUT2D eigenvalue weighted by atomic mass is 32.2. The Morgan fingerprint density at radius 1 is 1.33 bits per heavy atom. The van der Waals surface area contributed by atoms with E-state index in [1.807, 2.05) is 35.1 Å². The van der Waals surface area contributed by atoms with Crippen LogP contribution in [0.15, 0.2) is 24.3 Å². The number of carbonyl (C=O) groups excluding carboxylic acids is 1. The third kappa shape index (κ3) is 3.79. The van der Waals surface area contributed by atoms with Gasteiger partial charge in [0, 0.05) is 6.04 Å². The maximum atomic E-state index is 12.3. The summed E-state index contributed by atoms with van der Waals surface area (Å²) in [6, 6.07) is 8.25. The van der Waals surface area contributed by atoms with E-state index in [9.17, 15) is 4.79 Å². The Hall–Kier alpha value is -1.49. The van der Waals surface area contributed by atoms with E-state index in [2.05, 4.69) is 24.1 Å². The molecule has 0 atom stereocenters. The molecule has 5 heteroatoms. The number of carbonyl (C=O) groups is 1. The second-order valence-electron chi connectivity index (χ2n) is 5.12. The number of nitrogens with zero attached hydrogens (tertiary/aromatic N) is 2. The molecule has 0 spiro atoms. The van der Waals surface area contributed by atoms with Crippen molar-refractivity contribution in [2.24, 2.45) is 0 Å². The van der Waals surface area contributed by atoms with Gasteiger partial charge in [-0.25, -0.2) is 4.98 Å². The topological polar surface area (TPSA) is 46.9 Å². The van der Waals surface area contributed by atoms with Crippen LogP contribution < -0.4 is 5.32 Å². The molecule has 2 aromatic rings. The summed E-state index contributed by atoms with van der Waals surface area (Å²) in [6.45, 7) is 4.54. The van der Waals surface area contributed by atoms with Gasteiger partial charge in [-0.05, 0) is 31.2 Å². The minimum absolute atomic E-state index is 0.0641. The molecule has 0 radical (unpaired) electrons. The number of thioether (sulfide) groups is 1. The first kappa shape index (κ1) is 15.9. The number of hydrogen-bond donors (Lipinski definition) is 1. The van der Waals surface area contributed by atoms with Crippen molar-refractivity contribution in [1.29, 1.82) is 0 Å². The molecule has 2 rings (SSSR count). The predicted octanol–water partition coefficient (Wildman–Crippen LogP) is 3.20. The van der Waals surface area contributed by atoms with Crippen LogP contribution in [0, 0.1) is 0 Å². The van der Waals surface area contributed by atoms with Crippen molar-refractivity contribution in [3.8, 4) is 0 Å². The molecule has 0 saturated carbocycles. The van der Waals surface area contributed by atoms with E-state index in [1.54, 1.807) is 11.8 Å². The van der Waals surface area contributed by atoms with Gasteiger partial charge < -0.3 is 9.88 Å². The van der Waals surface area contributed by atoms with Crippen molar-refractivity contribution in [1.82, 2.24) is 14.9 Å². The van der Waals surface area contributed by atoms with Crippen LogP contribution >= 0.6 is 11.8 Å². The number of amides is 1. The van der Waals surface area contributed by atoms with Gasteiger partial charge in [0.2, 0.25) is 5.91 Å². The van der Waals surface area contributed by atoms with E-state index in [0.29, 0.717) is 6.54 Å². The molecule has 0 fully saturated rings. The van der Waals surface area contributed by atoms with Crippen LogP contribution in [0.2, 0.25) is 0 Å². The van der Waals surface area contributed by atoms with Gasteiger partial charge in [-0.1, -0.05) is 26.0 Å². The third-order valence-electron chi connectivity index (χ3n) is 3.66. The van der Waals surface area contributed by atoms with Gasteiger partial charge in [0.25, 0.3) is 0 Å². The zero-order valence-corrected chi connectivity index (χ0v) is 13.7. The molecule has 4 nitrogen and oxygen atoms in total. The van der Waals surface area contributed by atoms with Crippen molar-refractivity contribution in [3.63, 3.8) is 0 Å². The number of benzene rings is 1. The average molecular weight is 305 g/mol. The van der Waals surface area contributed by atoms with Gasteiger partial charge in [0.1, 0.15) is 12.4 Å². The van der Waals surface area contributed by atoms with Crippen LogP contribution in [0.1, 0.15) is 32.5 Å². The average Bonchev–Trinajstić information content (AvgIpc) is 2.83. The second-order valence-corrected chi connectivity index (χ2v) is 5.98. The van der Waals surface area contributed by atoms with Crippen LogP contribution in [0.4, 0.5) is 0 Å². The van der Waals surface area contributed by atoms with E-state index < -0.39 is 0 Å². The Morgan fingerprint density at radius 2 is 2.05 bits per heavy atom. The molecule has 0 unspecified atom stereocenters. The highest BCUT2D eigenvalue weighted by molar-refractivity contribution is 7.97. The highest BCUT2D eigenvalue weighted by Crippen LogP contribution is 2.18. The van der Waals surface area contributed by atoms with Crippen molar-refractivity contribution in [2.45, 2.75) is 45.0 Å². The Bertz CT molecular complexity index is 605. The summed E-state index contributed by atoms with van der Waals surface area (Å²) >= 11 is 1.72. The Balaban J connectivity index is 2.23. The Morgan fingerprint density at radius 3 is 2.71 bits per heavy atom. The van der Waals surface area contributed by atoms with Gasteiger partial charge in [0.05, 0.1) is 16.8 Å². The van der Waals surface area contributed by atoms with Crippen LogP contribution in [0.25, 0.3) is 11.0 Å². The number of hydrogen-bond acceptors (Lipinski definition) is 3. The fourth-order valence-corrected chi connectivity index (χ4v) is 2.93. The number of fused-ring (bicyclic) bond motifs is 1. The predicted molar refractivity (Wildman–Crippen MR) is 89.5 cm³/mol. The molecular formula is C16H23N3OS. The smallest absolute Gasteiger partial charge is 0.240 e. The lowest BCUT2D eigenvalue weighted by Crippen LogP contribution is -2.36. The zero-order valence-electron chi connectivity index (χ0n) is 12.9. The molecule has 0 aliphatic carbocycles. The summed E-state index contributed by atoms with van der Waals surface area (Å²) in [7, 11) is 0. The lowest BCUT2D eigenvalue weighted by Gasteiger charge is -2.16. The van der Waals surface area contributed by atoms with Crippen molar-refractivity contribution in [2.75, 3.05) is 6.26 Å². The summed E-state index contributed by atoms with van der Waals surface area (Å²) in [4.78, 5) is 16.9. The monoisotopic (exact) mass is 305 g/mol. The van der Waals surface area contributed by atoms with Gasteiger partial charge in [-0.3, -0.25) is 4.79 Å². The maximum absolute atomic E-state index is 12.3. The molecular weight excluding hydrogens is 282 g/mol. The first-order chi connectivity index (χ1) is 10.2. The molecule has 0 bridgehead atoms. The normalized spacial score (nSPS) is 11.2. The van der Waals surface area contributed by atoms with E-state index >= 15 is 0 Å². The fourth-order valence-electron chi connectivity index (χ4n) is 2.45. The van der Waals surface area contributed by atoms with Crippen LogP contribution in [-0.4, -0.2) is 27.8 Å². The molecule has 114 valence electrons. The summed E-state index contributed by atoms with van der Waals surface area (Å²) in [6.07, 6.45) is 3.98.